The molecular weight excluding hydrogens is 288 g/mol. The molecule has 114 valence electrons. The van der Waals surface area contributed by atoms with E-state index in [0.717, 1.165) is 12.1 Å². The molecule has 1 aliphatic rings. The zero-order chi connectivity index (χ0) is 15.5. The molecule has 2 nitrogen and oxygen atoms in total. The number of anilines is 1. The molecule has 3 rings (SSSR count). The summed E-state index contributed by atoms with van der Waals surface area (Å²) >= 11 is 5.53. The minimum absolute atomic E-state index is 0.315. The predicted molar refractivity (Wildman–Crippen MR) is 97.4 cm³/mol. The number of thiocarbonyl (C=S) groups is 1. The maximum absolute atomic E-state index is 5.53. The lowest BCUT2D eigenvalue weighted by Crippen LogP contribution is -2.34. The van der Waals surface area contributed by atoms with Crippen LogP contribution in [0.5, 0.6) is 0 Å². The summed E-state index contributed by atoms with van der Waals surface area (Å²) in [5.41, 5.74) is 6.44. The highest BCUT2D eigenvalue weighted by molar-refractivity contribution is 7.80. The Labute approximate surface area is 137 Å². The SMILES string of the molecule is Cc1cccc(NC(=S)NC2CCCc3ccccc32)c1C. The molecule has 0 bridgehead atoms. The van der Waals surface area contributed by atoms with E-state index in [1.165, 1.54) is 35.1 Å². The van der Waals surface area contributed by atoms with Crippen molar-refractivity contribution in [1.29, 1.82) is 0 Å². The summed E-state index contributed by atoms with van der Waals surface area (Å²) in [6.07, 6.45) is 3.51. The van der Waals surface area contributed by atoms with Gasteiger partial charge in [0.25, 0.3) is 0 Å². The first-order valence-corrected chi connectivity index (χ1v) is 8.27. The van der Waals surface area contributed by atoms with Crippen LogP contribution >= 0.6 is 12.2 Å². The molecule has 2 aromatic rings. The number of benzene rings is 2. The van der Waals surface area contributed by atoms with Gasteiger partial charge in [-0.05, 0) is 73.6 Å². The number of fused-ring (bicyclic) bond motifs is 1. The van der Waals surface area contributed by atoms with E-state index in [-0.39, 0.29) is 0 Å². The third kappa shape index (κ3) is 3.14. The Balaban J connectivity index is 1.72. The molecule has 0 fully saturated rings. The maximum Gasteiger partial charge on any atom is 0.171 e. The van der Waals surface area contributed by atoms with Crippen molar-refractivity contribution in [1.82, 2.24) is 5.32 Å². The molecule has 0 saturated heterocycles. The first-order chi connectivity index (χ1) is 10.6. The molecule has 2 aromatic carbocycles. The second-order valence-corrected chi connectivity index (χ2v) is 6.40. The molecule has 0 heterocycles. The van der Waals surface area contributed by atoms with Crippen molar-refractivity contribution in [2.75, 3.05) is 5.32 Å². The number of hydrogen-bond acceptors (Lipinski definition) is 1. The maximum atomic E-state index is 5.53. The lowest BCUT2D eigenvalue weighted by Gasteiger charge is -2.27. The Morgan fingerprint density at radius 3 is 2.77 bits per heavy atom. The standard InChI is InChI=1S/C19H22N2S/c1-13-7-5-11-17(14(13)2)20-19(22)21-18-12-6-9-15-8-3-4-10-16(15)18/h3-5,7-8,10-11,18H,6,9,12H2,1-2H3,(H2,20,21,22). The molecular formula is C19H22N2S. The van der Waals surface area contributed by atoms with Crippen molar-refractivity contribution in [2.24, 2.45) is 0 Å². The molecule has 1 atom stereocenters. The van der Waals surface area contributed by atoms with Gasteiger partial charge in [0, 0.05) is 5.69 Å². The van der Waals surface area contributed by atoms with Gasteiger partial charge in [0.15, 0.2) is 5.11 Å². The lowest BCUT2D eigenvalue weighted by atomic mass is 9.88. The highest BCUT2D eigenvalue weighted by Gasteiger charge is 2.20. The number of rotatable bonds is 2. The van der Waals surface area contributed by atoms with Gasteiger partial charge in [-0.2, -0.15) is 0 Å². The fraction of sp³-hybridized carbons (Fsp3) is 0.316. The van der Waals surface area contributed by atoms with Crippen molar-refractivity contribution in [3.63, 3.8) is 0 Å². The molecule has 0 saturated carbocycles. The second-order valence-electron chi connectivity index (χ2n) is 5.99. The summed E-state index contributed by atoms with van der Waals surface area (Å²) in [6, 6.07) is 15.2. The third-order valence-electron chi connectivity index (χ3n) is 4.53. The van der Waals surface area contributed by atoms with Crippen LogP contribution in [0.2, 0.25) is 0 Å². The van der Waals surface area contributed by atoms with E-state index in [9.17, 15) is 0 Å². The van der Waals surface area contributed by atoms with E-state index in [2.05, 4.69) is 66.9 Å². The van der Waals surface area contributed by atoms with Gasteiger partial charge in [0.1, 0.15) is 0 Å². The molecule has 0 spiro atoms. The van der Waals surface area contributed by atoms with Crippen molar-refractivity contribution >= 4 is 23.0 Å². The normalized spacial score (nSPS) is 16.7. The molecule has 2 N–H and O–H groups in total. The van der Waals surface area contributed by atoms with Crippen molar-refractivity contribution in [3.8, 4) is 0 Å². The number of aryl methyl sites for hydroxylation is 2. The number of hydrogen-bond donors (Lipinski definition) is 2. The van der Waals surface area contributed by atoms with E-state index in [1.54, 1.807) is 0 Å². The van der Waals surface area contributed by atoms with E-state index in [1.807, 2.05) is 0 Å². The van der Waals surface area contributed by atoms with Gasteiger partial charge < -0.3 is 10.6 Å². The molecule has 3 heteroatoms. The van der Waals surface area contributed by atoms with Gasteiger partial charge in [-0.25, -0.2) is 0 Å². The first-order valence-electron chi connectivity index (χ1n) is 7.86. The monoisotopic (exact) mass is 310 g/mol. The fourth-order valence-electron chi connectivity index (χ4n) is 3.11. The highest BCUT2D eigenvalue weighted by atomic mass is 32.1. The van der Waals surface area contributed by atoms with Crippen LogP contribution < -0.4 is 10.6 Å². The predicted octanol–water partition coefficient (Wildman–Crippen LogP) is 4.67. The first kappa shape index (κ1) is 15.0. The van der Waals surface area contributed by atoms with Crippen LogP contribution in [0.1, 0.15) is 41.1 Å². The second kappa shape index (κ2) is 6.49. The van der Waals surface area contributed by atoms with Crippen molar-refractivity contribution < 1.29 is 0 Å². The van der Waals surface area contributed by atoms with Gasteiger partial charge in [0.05, 0.1) is 6.04 Å². The smallest absolute Gasteiger partial charge is 0.171 e. The topological polar surface area (TPSA) is 24.1 Å². The Morgan fingerprint density at radius 1 is 1.09 bits per heavy atom. The quantitative estimate of drug-likeness (QED) is 0.788. The van der Waals surface area contributed by atoms with Gasteiger partial charge in [-0.3, -0.25) is 0 Å². The minimum atomic E-state index is 0.315. The highest BCUT2D eigenvalue weighted by Crippen LogP contribution is 2.29. The minimum Gasteiger partial charge on any atom is -0.356 e. The van der Waals surface area contributed by atoms with Gasteiger partial charge in [-0.1, -0.05) is 36.4 Å². The molecule has 0 aromatic heterocycles. The summed E-state index contributed by atoms with van der Waals surface area (Å²) < 4.78 is 0. The third-order valence-corrected chi connectivity index (χ3v) is 4.75. The molecule has 1 unspecified atom stereocenters. The average Bonchev–Trinajstić information content (AvgIpc) is 2.52. The van der Waals surface area contributed by atoms with E-state index < -0.39 is 0 Å². The van der Waals surface area contributed by atoms with Crippen LogP contribution in [0.15, 0.2) is 42.5 Å². The summed E-state index contributed by atoms with van der Waals surface area (Å²) in [6.45, 7) is 4.24. The van der Waals surface area contributed by atoms with Crippen LogP contribution in [-0.4, -0.2) is 5.11 Å². The Bertz CT molecular complexity index is 694. The summed E-state index contributed by atoms with van der Waals surface area (Å²) in [5.74, 6) is 0. The Morgan fingerprint density at radius 2 is 1.91 bits per heavy atom. The van der Waals surface area contributed by atoms with Crippen LogP contribution in [0.4, 0.5) is 5.69 Å². The van der Waals surface area contributed by atoms with Gasteiger partial charge in [-0.15, -0.1) is 0 Å². The zero-order valence-corrected chi connectivity index (χ0v) is 14.0. The summed E-state index contributed by atoms with van der Waals surface area (Å²) in [4.78, 5) is 0. The van der Waals surface area contributed by atoms with Gasteiger partial charge in [0.2, 0.25) is 0 Å². The van der Waals surface area contributed by atoms with Crippen molar-refractivity contribution in [3.05, 3.63) is 64.7 Å². The summed E-state index contributed by atoms with van der Waals surface area (Å²) in [7, 11) is 0. The Hall–Kier alpha value is -1.87. The molecule has 0 radical (unpaired) electrons. The fourth-order valence-corrected chi connectivity index (χ4v) is 3.36. The lowest BCUT2D eigenvalue weighted by molar-refractivity contribution is 0.529. The van der Waals surface area contributed by atoms with Crippen molar-refractivity contribution in [2.45, 2.75) is 39.2 Å². The van der Waals surface area contributed by atoms with Gasteiger partial charge >= 0.3 is 0 Å². The van der Waals surface area contributed by atoms with E-state index in [4.69, 9.17) is 12.2 Å². The molecule has 0 aliphatic heterocycles. The van der Waals surface area contributed by atoms with Crippen LogP contribution in [0.3, 0.4) is 0 Å². The molecule has 0 amide bonds. The van der Waals surface area contributed by atoms with E-state index in [0.29, 0.717) is 11.2 Å². The van der Waals surface area contributed by atoms with Crippen LogP contribution in [0, 0.1) is 13.8 Å². The average molecular weight is 310 g/mol. The largest absolute Gasteiger partial charge is 0.356 e. The van der Waals surface area contributed by atoms with Crippen LogP contribution in [0.25, 0.3) is 0 Å². The zero-order valence-electron chi connectivity index (χ0n) is 13.1. The number of nitrogens with one attached hydrogen (secondary N) is 2. The summed E-state index contributed by atoms with van der Waals surface area (Å²) in [5, 5.41) is 7.54. The molecule has 1 aliphatic carbocycles. The Kier molecular flexibility index (Phi) is 4.44. The van der Waals surface area contributed by atoms with E-state index >= 15 is 0 Å². The van der Waals surface area contributed by atoms with Crippen LogP contribution in [-0.2, 0) is 6.42 Å². The molecule has 22 heavy (non-hydrogen) atoms.